The molecule has 0 spiro atoms. The fourth-order valence-electron chi connectivity index (χ4n) is 2.04. The van der Waals surface area contributed by atoms with Crippen LogP contribution in [0.1, 0.15) is 15.2 Å². The fourth-order valence-corrected chi connectivity index (χ4v) is 2.82. The number of para-hydroxylation sites is 1. The highest BCUT2D eigenvalue weighted by molar-refractivity contribution is 7.09. The quantitative estimate of drug-likeness (QED) is 0.832. The SMILES string of the molecule is COC(=O)c1ccccc1NC(=O)CN(C)Cc1cccs1. The van der Waals surface area contributed by atoms with E-state index in [0.29, 0.717) is 17.8 Å². The minimum absolute atomic E-state index is 0.171. The molecule has 0 bridgehead atoms. The molecule has 2 aromatic rings. The van der Waals surface area contributed by atoms with Crippen molar-refractivity contribution in [3.8, 4) is 0 Å². The monoisotopic (exact) mass is 318 g/mol. The van der Waals surface area contributed by atoms with Crippen molar-refractivity contribution in [3.05, 3.63) is 52.2 Å². The molecule has 116 valence electrons. The maximum absolute atomic E-state index is 12.1. The van der Waals surface area contributed by atoms with Gasteiger partial charge in [-0.25, -0.2) is 4.79 Å². The maximum Gasteiger partial charge on any atom is 0.339 e. The number of esters is 1. The van der Waals surface area contributed by atoms with Gasteiger partial charge in [0.25, 0.3) is 0 Å². The molecule has 0 aliphatic carbocycles. The molecule has 0 atom stereocenters. The molecule has 2 rings (SSSR count). The van der Waals surface area contributed by atoms with Gasteiger partial charge in [0.15, 0.2) is 0 Å². The Hall–Kier alpha value is -2.18. The number of hydrogen-bond donors (Lipinski definition) is 1. The van der Waals surface area contributed by atoms with Crippen LogP contribution < -0.4 is 5.32 Å². The van der Waals surface area contributed by atoms with Crippen LogP contribution in [0.4, 0.5) is 5.69 Å². The lowest BCUT2D eigenvalue weighted by atomic mass is 10.2. The first-order valence-corrected chi connectivity index (χ1v) is 7.66. The Morgan fingerprint density at radius 1 is 1.23 bits per heavy atom. The Labute approximate surface area is 133 Å². The summed E-state index contributed by atoms with van der Waals surface area (Å²) >= 11 is 1.66. The van der Waals surface area contributed by atoms with Gasteiger partial charge in [0.05, 0.1) is 24.9 Å². The molecule has 0 radical (unpaired) electrons. The molecular weight excluding hydrogens is 300 g/mol. The minimum Gasteiger partial charge on any atom is -0.465 e. The Balaban J connectivity index is 1.96. The number of nitrogens with zero attached hydrogens (tertiary/aromatic N) is 1. The Morgan fingerprint density at radius 2 is 2.00 bits per heavy atom. The van der Waals surface area contributed by atoms with E-state index in [1.165, 1.54) is 12.0 Å². The number of anilines is 1. The van der Waals surface area contributed by atoms with Gasteiger partial charge in [0.2, 0.25) is 5.91 Å². The summed E-state index contributed by atoms with van der Waals surface area (Å²) in [7, 11) is 3.20. The van der Waals surface area contributed by atoms with Gasteiger partial charge in [0, 0.05) is 11.4 Å². The number of nitrogens with one attached hydrogen (secondary N) is 1. The lowest BCUT2D eigenvalue weighted by Gasteiger charge is -2.16. The van der Waals surface area contributed by atoms with Gasteiger partial charge < -0.3 is 10.1 Å². The summed E-state index contributed by atoms with van der Waals surface area (Å²) in [5.41, 5.74) is 0.808. The highest BCUT2D eigenvalue weighted by Crippen LogP contribution is 2.16. The molecule has 5 nitrogen and oxygen atoms in total. The lowest BCUT2D eigenvalue weighted by Crippen LogP contribution is -2.30. The number of benzene rings is 1. The van der Waals surface area contributed by atoms with Crippen molar-refractivity contribution >= 4 is 28.9 Å². The van der Waals surface area contributed by atoms with E-state index >= 15 is 0 Å². The van der Waals surface area contributed by atoms with Gasteiger partial charge in [0.1, 0.15) is 0 Å². The minimum atomic E-state index is -0.470. The standard InChI is InChI=1S/C16H18N2O3S/c1-18(10-12-6-5-9-22-12)11-15(19)17-14-8-4-3-7-13(14)16(20)21-2/h3-9H,10-11H2,1-2H3,(H,17,19). The number of likely N-dealkylation sites (N-methyl/N-ethyl adjacent to an activating group) is 1. The van der Waals surface area contributed by atoms with E-state index in [9.17, 15) is 9.59 Å². The van der Waals surface area contributed by atoms with Crippen molar-refractivity contribution in [2.45, 2.75) is 6.54 Å². The summed E-state index contributed by atoms with van der Waals surface area (Å²) in [5.74, 6) is -0.641. The number of carbonyl (C=O) groups excluding carboxylic acids is 2. The first-order valence-electron chi connectivity index (χ1n) is 6.78. The molecule has 1 heterocycles. The van der Waals surface area contributed by atoms with Gasteiger partial charge >= 0.3 is 5.97 Å². The van der Waals surface area contributed by atoms with Crippen molar-refractivity contribution < 1.29 is 14.3 Å². The molecule has 22 heavy (non-hydrogen) atoms. The number of ether oxygens (including phenoxy) is 1. The summed E-state index contributed by atoms with van der Waals surface area (Å²) in [4.78, 5) is 26.9. The zero-order valence-electron chi connectivity index (χ0n) is 12.5. The molecule has 1 aromatic heterocycles. The molecule has 1 N–H and O–H groups in total. The van der Waals surface area contributed by atoms with Crippen LogP contribution >= 0.6 is 11.3 Å². The van der Waals surface area contributed by atoms with E-state index in [4.69, 9.17) is 4.74 Å². The van der Waals surface area contributed by atoms with E-state index in [1.54, 1.807) is 35.6 Å². The van der Waals surface area contributed by atoms with Crippen LogP contribution in [0.2, 0.25) is 0 Å². The summed E-state index contributed by atoms with van der Waals surface area (Å²) in [6.07, 6.45) is 0. The van der Waals surface area contributed by atoms with E-state index in [2.05, 4.69) is 5.32 Å². The predicted octanol–water partition coefficient (Wildman–Crippen LogP) is 2.61. The average molecular weight is 318 g/mol. The average Bonchev–Trinajstić information content (AvgIpc) is 2.99. The summed E-state index contributed by atoms with van der Waals surface area (Å²) in [6, 6.07) is 10.8. The summed E-state index contributed by atoms with van der Waals surface area (Å²) < 4.78 is 4.71. The smallest absolute Gasteiger partial charge is 0.339 e. The second-order valence-corrected chi connectivity index (χ2v) is 5.87. The first-order chi connectivity index (χ1) is 10.6. The third-order valence-corrected chi connectivity index (χ3v) is 3.89. The Kier molecular flexibility index (Phi) is 5.68. The topological polar surface area (TPSA) is 58.6 Å². The lowest BCUT2D eigenvalue weighted by molar-refractivity contribution is -0.117. The van der Waals surface area contributed by atoms with Crippen molar-refractivity contribution in [2.75, 3.05) is 26.0 Å². The van der Waals surface area contributed by atoms with Gasteiger partial charge in [-0.15, -0.1) is 11.3 Å². The van der Waals surface area contributed by atoms with Crippen molar-refractivity contribution in [1.82, 2.24) is 4.90 Å². The van der Waals surface area contributed by atoms with Gasteiger partial charge in [-0.1, -0.05) is 18.2 Å². The van der Waals surface area contributed by atoms with Crippen molar-refractivity contribution in [2.24, 2.45) is 0 Å². The second kappa shape index (κ2) is 7.72. The van der Waals surface area contributed by atoms with Crippen LogP contribution in [0.25, 0.3) is 0 Å². The Morgan fingerprint density at radius 3 is 2.68 bits per heavy atom. The molecular formula is C16H18N2O3S. The molecule has 0 saturated heterocycles. The number of hydrogen-bond acceptors (Lipinski definition) is 5. The summed E-state index contributed by atoms with van der Waals surface area (Å²) in [5, 5.41) is 4.77. The van der Waals surface area contributed by atoms with Crippen molar-refractivity contribution in [3.63, 3.8) is 0 Å². The van der Waals surface area contributed by atoms with Crippen LogP contribution in [0.3, 0.4) is 0 Å². The van der Waals surface area contributed by atoms with Crippen LogP contribution in [0.5, 0.6) is 0 Å². The third kappa shape index (κ3) is 4.41. The second-order valence-electron chi connectivity index (χ2n) is 4.84. The number of carbonyl (C=O) groups is 2. The van der Waals surface area contributed by atoms with E-state index in [0.717, 1.165) is 0 Å². The predicted molar refractivity (Wildman–Crippen MR) is 87.1 cm³/mol. The highest BCUT2D eigenvalue weighted by Gasteiger charge is 2.14. The molecule has 1 amide bonds. The van der Waals surface area contributed by atoms with Gasteiger partial charge in [-0.3, -0.25) is 9.69 Å². The molecule has 0 unspecified atom stereocenters. The molecule has 1 aromatic carbocycles. The van der Waals surface area contributed by atoms with Crippen LogP contribution in [0.15, 0.2) is 41.8 Å². The van der Waals surface area contributed by atoms with Crippen molar-refractivity contribution in [1.29, 1.82) is 0 Å². The normalized spacial score (nSPS) is 10.5. The van der Waals surface area contributed by atoms with E-state index in [1.807, 2.05) is 29.5 Å². The van der Waals surface area contributed by atoms with Crippen LogP contribution in [-0.2, 0) is 16.1 Å². The zero-order chi connectivity index (χ0) is 15.9. The first kappa shape index (κ1) is 16.2. The molecule has 0 aliphatic rings. The van der Waals surface area contributed by atoms with Crippen LogP contribution in [0, 0.1) is 0 Å². The number of thiophene rings is 1. The zero-order valence-corrected chi connectivity index (χ0v) is 13.4. The van der Waals surface area contributed by atoms with Gasteiger partial charge in [-0.05, 0) is 30.6 Å². The molecule has 0 aliphatic heterocycles. The number of rotatable bonds is 6. The molecule has 0 saturated carbocycles. The van der Waals surface area contributed by atoms with E-state index in [-0.39, 0.29) is 12.5 Å². The maximum atomic E-state index is 12.1. The molecule has 6 heteroatoms. The highest BCUT2D eigenvalue weighted by atomic mass is 32.1. The third-order valence-electron chi connectivity index (χ3n) is 3.03. The number of methoxy groups -OCH3 is 1. The van der Waals surface area contributed by atoms with Crippen LogP contribution in [-0.4, -0.2) is 37.5 Å². The number of amides is 1. The fraction of sp³-hybridized carbons (Fsp3) is 0.250. The largest absolute Gasteiger partial charge is 0.465 e. The van der Waals surface area contributed by atoms with Gasteiger partial charge in [-0.2, -0.15) is 0 Å². The summed E-state index contributed by atoms with van der Waals surface area (Å²) in [6.45, 7) is 0.955. The van der Waals surface area contributed by atoms with E-state index < -0.39 is 5.97 Å². The molecule has 0 fully saturated rings. The Bertz CT molecular complexity index is 641.